The molecule has 0 aromatic heterocycles. The van der Waals surface area contributed by atoms with Gasteiger partial charge in [-0.25, -0.2) is 8.42 Å². The molecule has 0 atom stereocenters. The van der Waals surface area contributed by atoms with Gasteiger partial charge in [-0.15, -0.1) is 0 Å². The van der Waals surface area contributed by atoms with Gasteiger partial charge < -0.3 is 5.73 Å². The number of rotatable bonds is 4. The van der Waals surface area contributed by atoms with E-state index < -0.39 is 10.0 Å². The van der Waals surface area contributed by atoms with Crippen LogP contribution in [0.4, 0.5) is 5.69 Å². The minimum absolute atomic E-state index is 0.114. The van der Waals surface area contributed by atoms with E-state index in [4.69, 9.17) is 5.73 Å². The monoisotopic (exact) mass is 310 g/mol. The predicted octanol–water partition coefficient (Wildman–Crippen LogP) is 3.17. The highest BCUT2D eigenvalue weighted by molar-refractivity contribution is 7.89. The quantitative estimate of drug-likeness (QED) is 0.686. The molecule has 21 heavy (non-hydrogen) atoms. The molecule has 0 radical (unpaired) electrons. The van der Waals surface area contributed by atoms with Gasteiger partial charge in [-0.1, -0.05) is 38.7 Å². The van der Waals surface area contributed by atoms with Crippen LogP contribution < -0.4 is 5.73 Å². The average Bonchev–Trinajstić information content (AvgIpc) is 2.75. The largest absolute Gasteiger partial charge is 0.399 e. The Morgan fingerprint density at radius 2 is 1.81 bits per heavy atom. The van der Waals surface area contributed by atoms with Gasteiger partial charge in [0.05, 0.1) is 4.90 Å². The predicted molar refractivity (Wildman–Crippen MR) is 86.7 cm³/mol. The van der Waals surface area contributed by atoms with E-state index >= 15 is 0 Å². The first kappa shape index (κ1) is 16.3. The number of hydrogen-bond donors (Lipinski definition) is 1. The van der Waals surface area contributed by atoms with Gasteiger partial charge in [0.2, 0.25) is 10.0 Å². The number of aryl methyl sites for hydroxylation is 1. The maximum Gasteiger partial charge on any atom is 0.243 e. The number of anilines is 1. The molecule has 118 valence electrons. The second-order valence-electron chi connectivity index (χ2n) is 5.89. The average molecular weight is 310 g/mol. The Labute approximate surface area is 128 Å². The molecular formula is C16H26N2O2S. The van der Waals surface area contributed by atoms with Gasteiger partial charge in [0, 0.05) is 18.8 Å². The van der Waals surface area contributed by atoms with E-state index in [1.807, 2.05) is 13.0 Å². The van der Waals surface area contributed by atoms with E-state index in [0.29, 0.717) is 17.0 Å². The van der Waals surface area contributed by atoms with Gasteiger partial charge in [-0.3, -0.25) is 0 Å². The number of nitrogen functional groups attached to an aromatic ring is 1. The van der Waals surface area contributed by atoms with Crippen LogP contribution in [0.5, 0.6) is 0 Å². The van der Waals surface area contributed by atoms with E-state index in [1.165, 1.54) is 12.8 Å². The maximum absolute atomic E-state index is 12.9. The van der Waals surface area contributed by atoms with Gasteiger partial charge in [0.25, 0.3) is 0 Å². The molecular weight excluding hydrogens is 284 g/mol. The molecule has 0 amide bonds. The summed E-state index contributed by atoms with van der Waals surface area (Å²) in [5.41, 5.74) is 7.14. The molecule has 5 heteroatoms. The van der Waals surface area contributed by atoms with Gasteiger partial charge in [0.15, 0.2) is 0 Å². The summed E-state index contributed by atoms with van der Waals surface area (Å²) >= 11 is 0. The van der Waals surface area contributed by atoms with Crippen molar-refractivity contribution >= 4 is 15.7 Å². The maximum atomic E-state index is 12.9. The molecule has 1 aromatic rings. The van der Waals surface area contributed by atoms with Crippen LogP contribution in [-0.4, -0.2) is 25.8 Å². The lowest BCUT2D eigenvalue weighted by Crippen LogP contribution is -2.37. The summed E-state index contributed by atoms with van der Waals surface area (Å²) in [7, 11) is -1.75. The number of sulfonamides is 1. The van der Waals surface area contributed by atoms with Crippen molar-refractivity contribution < 1.29 is 8.42 Å². The van der Waals surface area contributed by atoms with Gasteiger partial charge in [-0.2, -0.15) is 4.31 Å². The van der Waals surface area contributed by atoms with Crippen molar-refractivity contribution in [3.05, 3.63) is 23.8 Å². The fraction of sp³-hybridized carbons (Fsp3) is 0.625. The summed E-state index contributed by atoms with van der Waals surface area (Å²) in [5.74, 6) is 0. The topological polar surface area (TPSA) is 63.4 Å². The smallest absolute Gasteiger partial charge is 0.243 e. The first-order valence-corrected chi connectivity index (χ1v) is 9.27. The Balaban J connectivity index is 2.34. The summed E-state index contributed by atoms with van der Waals surface area (Å²) in [4.78, 5) is 0.372. The first-order valence-electron chi connectivity index (χ1n) is 7.83. The summed E-state index contributed by atoms with van der Waals surface area (Å²) in [5, 5.41) is 0. The lowest BCUT2D eigenvalue weighted by molar-refractivity contribution is 0.335. The fourth-order valence-corrected chi connectivity index (χ4v) is 4.82. The summed E-state index contributed by atoms with van der Waals surface area (Å²) in [6, 6.07) is 5.30. The van der Waals surface area contributed by atoms with Crippen LogP contribution in [0.2, 0.25) is 0 Å². The van der Waals surface area contributed by atoms with Crippen LogP contribution in [0.1, 0.15) is 51.0 Å². The second kappa shape index (κ2) is 6.79. The molecule has 1 aromatic carbocycles. The van der Waals surface area contributed by atoms with Gasteiger partial charge in [-0.05, 0) is 37.0 Å². The molecule has 0 unspecified atom stereocenters. The zero-order valence-electron chi connectivity index (χ0n) is 13.0. The Morgan fingerprint density at radius 3 is 2.38 bits per heavy atom. The van der Waals surface area contributed by atoms with Crippen LogP contribution >= 0.6 is 0 Å². The zero-order chi connectivity index (χ0) is 15.5. The minimum atomic E-state index is -3.47. The molecule has 0 heterocycles. The molecule has 0 bridgehead atoms. The molecule has 1 aliphatic rings. The number of nitrogens with zero attached hydrogens (tertiary/aromatic N) is 1. The van der Waals surface area contributed by atoms with E-state index in [9.17, 15) is 8.42 Å². The highest BCUT2D eigenvalue weighted by Crippen LogP contribution is 2.28. The first-order chi connectivity index (χ1) is 9.96. The third kappa shape index (κ3) is 3.58. The van der Waals surface area contributed by atoms with Crippen molar-refractivity contribution in [1.29, 1.82) is 0 Å². The molecule has 2 N–H and O–H groups in total. The Bertz CT molecular complexity index is 576. The van der Waals surface area contributed by atoms with Crippen molar-refractivity contribution in [3.8, 4) is 0 Å². The van der Waals surface area contributed by atoms with Crippen molar-refractivity contribution in [1.82, 2.24) is 4.31 Å². The standard InChI is InChI=1S/C16H26N2O2S/c1-3-13-10-11-14(17)12-16(13)21(19,20)18(2)15-8-6-4-5-7-9-15/h10-12,15H,3-9,17H2,1-2H3. The van der Waals surface area contributed by atoms with Crippen molar-refractivity contribution in [2.75, 3.05) is 12.8 Å². The van der Waals surface area contributed by atoms with Crippen molar-refractivity contribution in [2.45, 2.75) is 62.8 Å². The molecule has 2 rings (SSSR count). The van der Waals surface area contributed by atoms with Gasteiger partial charge in [0.1, 0.15) is 0 Å². The van der Waals surface area contributed by atoms with Crippen molar-refractivity contribution in [3.63, 3.8) is 0 Å². The number of benzene rings is 1. The van der Waals surface area contributed by atoms with E-state index in [1.54, 1.807) is 23.5 Å². The molecule has 1 saturated carbocycles. The highest BCUT2D eigenvalue weighted by atomic mass is 32.2. The van der Waals surface area contributed by atoms with Crippen LogP contribution in [0.15, 0.2) is 23.1 Å². The third-order valence-electron chi connectivity index (χ3n) is 4.47. The van der Waals surface area contributed by atoms with E-state index in [0.717, 1.165) is 31.2 Å². The SMILES string of the molecule is CCc1ccc(N)cc1S(=O)(=O)N(C)C1CCCCCC1. The molecule has 0 spiro atoms. The van der Waals surface area contributed by atoms with Crippen LogP contribution in [0.25, 0.3) is 0 Å². The number of hydrogen-bond acceptors (Lipinski definition) is 3. The Kier molecular flexibility index (Phi) is 5.27. The normalized spacial score (nSPS) is 17.9. The lowest BCUT2D eigenvalue weighted by atomic mass is 10.1. The molecule has 0 aliphatic heterocycles. The van der Waals surface area contributed by atoms with Crippen molar-refractivity contribution in [2.24, 2.45) is 0 Å². The van der Waals surface area contributed by atoms with Crippen LogP contribution in [0, 0.1) is 0 Å². The van der Waals surface area contributed by atoms with Gasteiger partial charge >= 0.3 is 0 Å². The molecule has 1 fully saturated rings. The molecule has 4 nitrogen and oxygen atoms in total. The highest BCUT2D eigenvalue weighted by Gasteiger charge is 2.30. The zero-order valence-corrected chi connectivity index (χ0v) is 13.8. The second-order valence-corrected chi connectivity index (χ2v) is 7.85. The third-order valence-corrected chi connectivity index (χ3v) is 6.46. The summed E-state index contributed by atoms with van der Waals surface area (Å²) in [6.45, 7) is 1.97. The molecule has 1 aliphatic carbocycles. The van der Waals surface area contributed by atoms with Crippen LogP contribution in [0.3, 0.4) is 0 Å². The minimum Gasteiger partial charge on any atom is -0.399 e. The number of nitrogens with two attached hydrogens (primary N) is 1. The molecule has 0 saturated heterocycles. The Morgan fingerprint density at radius 1 is 1.19 bits per heavy atom. The van der Waals surface area contributed by atoms with E-state index in [2.05, 4.69) is 0 Å². The summed E-state index contributed by atoms with van der Waals surface area (Å²) < 4.78 is 27.5. The van der Waals surface area contributed by atoms with E-state index in [-0.39, 0.29) is 6.04 Å². The summed E-state index contributed by atoms with van der Waals surface area (Å²) in [6.07, 6.45) is 7.25. The van der Waals surface area contributed by atoms with Crippen LogP contribution in [-0.2, 0) is 16.4 Å². The lowest BCUT2D eigenvalue weighted by Gasteiger charge is -2.27. The Hall–Kier alpha value is -1.07. The fourth-order valence-electron chi connectivity index (χ4n) is 3.08.